The summed E-state index contributed by atoms with van der Waals surface area (Å²) in [5, 5.41) is 1.23. The van der Waals surface area contributed by atoms with Gasteiger partial charge in [0.2, 0.25) is 0 Å². The molecule has 0 spiro atoms. The molecule has 0 amide bonds. The zero-order valence-corrected chi connectivity index (χ0v) is 17.4. The van der Waals surface area contributed by atoms with E-state index in [0.29, 0.717) is 29.4 Å². The Bertz CT molecular complexity index is 1090. The van der Waals surface area contributed by atoms with Crippen LogP contribution in [0.1, 0.15) is 12.8 Å². The van der Waals surface area contributed by atoms with Crippen LogP contribution >= 0.6 is 11.3 Å². The van der Waals surface area contributed by atoms with Gasteiger partial charge in [-0.1, -0.05) is 12.1 Å². The Morgan fingerprint density at radius 2 is 1.53 bits per heavy atom. The lowest BCUT2D eigenvalue weighted by atomic mass is 10.2. The van der Waals surface area contributed by atoms with Gasteiger partial charge in [-0.3, -0.25) is 4.79 Å². The lowest BCUT2D eigenvalue weighted by molar-refractivity contribution is -0.149. The summed E-state index contributed by atoms with van der Waals surface area (Å²) in [5.74, 6) is -0.493. The number of methoxy groups -OCH3 is 1. The van der Waals surface area contributed by atoms with Crippen LogP contribution in [0.15, 0.2) is 47.3 Å². The monoisotopic (exact) mass is 430 g/mol. The number of benzene rings is 2. The molecular weight excluding hydrogens is 408 g/mol. The maximum Gasteiger partial charge on any atom is 0.344 e. The number of esters is 2. The molecule has 0 aliphatic rings. The number of ether oxygens (including phenoxy) is 4. The lowest BCUT2D eigenvalue weighted by Gasteiger charge is -2.08. The maximum absolute atomic E-state index is 12.7. The molecule has 0 atom stereocenters. The summed E-state index contributed by atoms with van der Waals surface area (Å²) in [6, 6.07) is 12.7. The van der Waals surface area contributed by atoms with E-state index in [0.717, 1.165) is 9.40 Å². The van der Waals surface area contributed by atoms with Gasteiger partial charge < -0.3 is 18.9 Å². The van der Waals surface area contributed by atoms with E-state index in [1.807, 2.05) is 24.3 Å². The van der Waals surface area contributed by atoms with Gasteiger partial charge in [-0.2, -0.15) is 0 Å². The van der Waals surface area contributed by atoms with Crippen LogP contribution in [-0.2, 0) is 23.8 Å². The van der Waals surface area contributed by atoms with Crippen LogP contribution in [0.4, 0.5) is 0 Å². The van der Waals surface area contributed by atoms with Crippen LogP contribution in [0.2, 0.25) is 0 Å². The molecule has 0 aliphatic heterocycles. The van der Waals surface area contributed by atoms with Crippen LogP contribution in [0.3, 0.4) is 0 Å². The Morgan fingerprint density at radius 3 is 2.27 bits per heavy atom. The number of carbonyl (C=O) groups excluding carboxylic acids is 2. The molecule has 0 N–H and O–H groups in total. The molecular formula is C22H22O7S. The molecule has 30 heavy (non-hydrogen) atoms. The predicted molar refractivity (Wildman–Crippen MR) is 114 cm³/mol. The molecule has 0 unspecified atom stereocenters. The van der Waals surface area contributed by atoms with E-state index in [-0.39, 0.29) is 31.9 Å². The lowest BCUT2D eigenvalue weighted by Crippen LogP contribution is -2.16. The smallest absolute Gasteiger partial charge is 0.344 e. The normalized spacial score (nSPS) is 10.8. The first-order valence-corrected chi connectivity index (χ1v) is 10.3. The molecule has 2 aromatic carbocycles. The van der Waals surface area contributed by atoms with E-state index in [9.17, 15) is 14.4 Å². The molecule has 0 saturated heterocycles. The standard InChI is InChI=1S/C22H22O7S/c1-26-13-20(23)27-10-4-5-11-28-21(24)14-29-15-8-9-19-17(12-15)22(25)16-6-2-3-7-18(16)30-19/h2-3,6-9,12H,4-5,10-11,13-14H2,1H3. The second kappa shape index (κ2) is 10.7. The number of rotatable bonds is 10. The molecule has 0 fully saturated rings. The number of carbonyl (C=O) groups is 2. The van der Waals surface area contributed by atoms with E-state index in [1.165, 1.54) is 18.4 Å². The van der Waals surface area contributed by atoms with Crippen molar-refractivity contribution in [2.75, 3.05) is 33.5 Å². The van der Waals surface area contributed by atoms with Crippen molar-refractivity contribution in [3.63, 3.8) is 0 Å². The Balaban J connectivity index is 1.47. The molecule has 1 aromatic heterocycles. The second-order valence-corrected chi connectivity index (χ2v) is 7.54. The molecule has 7 nitrogen and oxygen atoms in total. The minimum absolute atomic E-state index is 0.0569. The van der Waals surface area contributed by atoms with E-state index < -0.39 is 11.9 Å². The van der Waals surface area contributed by atoms with Gasteiger partial charge in [-0.25, -0.2) is 9.59 Å². The number of hydrogen-bond acceptors (Lipinski definition) is 8. The number of hydrogen-bond donors (Lipinski definition) is 0. The second-order valence-electron chi connectivity index (χ2n) is 6.46. The predicted octanol–water partition coefficient (Wildman–Crippen LogP) is 3.31. The van der Waals surface area contributed by atoms with Crippen LogP contribution in [0, 0.1) is 0 Å². The molecule has 3 rings (SSSR count). The Hall–Kier alpha value is -2.97. The zero-order chi connectivity index (χ0) is 21.3. The Labute approximate surface area is 177 Å². The van der Waals surface area contributed by atoms with Gasteiger partial charge in [-0.05, 0) is 43.2 Å². The van der Waals surface area contributed by atoms with Crippen LogP contribution in [0.5, 0.6) is 5.75 Å². The summed E-state index contributed by atoms with van der Waals surface area (Å²) in [5.41, 5.74) is -0.0569. The van der Waals surface area contributed by atoms with Crippen LogP contribution in [0.25, 0.3) is 20.2 Å². The SMILES string of the molecule is COCC(=O)OCCCCOC(=O)COc1ccc2sc3ccccc3c(=O)c2c1. The van der Waals surface area contributed by atoms with Crippen molar-refractivity contribution in [2.24, 2.45) is 0 Å². The number of unbranched alkanes of at least 4 members (excludes halogenated alkanes) is 1. The summed E-state index contributed by atoms with van der Waals surface area (Å²) in [4.78, 5) is 35.6. The summed E-state index contributed by atoms with van der Waals surface area (Å²) in [7, 11) is 1.42. The van der Waals surface area contributed by atoms with E-state index in [4.69, 9.17) is 14.2 Å². The summed E-state index contributed by atoms with van der Waals surface area (Å²) >= 11 is 1.53. The van der Waals surface area contributed by atoms with Crippen molar-refractivity contribution < 1.29 is 28.5 Å². The highest BCUT2D eigenvalue weighted by molar-refractivity contribution is 7.24. The van der Waals surface area contributed by atoms with Gasteiger partial charge in [0.25, 0.3) is 0 Å². The quantitative estimate of drug-likeness (QED) is 0.277. The highest BCUT2D eigenvalue weighted by Crippen LogP contribution is 2.27. The maximum atomic E-state index is 12.7. The van der Waals surface area contributed by atoms with Crippen molar-refractivity contribution in [1.29, 1.82) is 0 Å². The van der Waals surface area contributed by atoms with Crippen LogP contribution in [-0.4, -0.2) is 45.5 Å². The van der Waals surface area contributed by atoms with Gasteiger partial charge in [0, 0.05) is 27.3 Å². The Morgan fingerprint density at radius 1 is 0.867 bits per heavy atom. The molecule has 1 heterocycles. The fraction of sp³-hybridized carbons (Fsp3) is 0.318. The van der Waals surface area contributed by atoms with Gasteiger partial charge in [0.1, 0.15) is 12.4 Å². The largest absolute Gasteiger partial charge is 0.482 e. The minimum Gasteiger partial charge on any atom is -0.482 e. The van der Waals surface area contributed by atoms with E-state index in [2.05, 4.69) is 4.74 Å². The average Bonchev–Trinajstić information content (AvgIpc) is 2.75. The van der Waals surface area contributed by atoms with Gasteiger partial charge in [-0.15, -0.1) is 11.3 Å². The summed E-state index contributed by atoms with van der Waals surface area (Å²) in [6.07, 6.45) is 1.14. The number of fused-ring (bicyclic) bond motifs is 2. The minimum atomic E-state index is -0.504. The van der Waals surface area contributed by atoms with E-state index in [1.54, 1.807) is 18.2 Å². The summed E-state index contributed by atoms with van der Waals surface area (Å²) in [6.45, 7) is 0.131. The van der Waals surface area contributed by atoms with Crippen LogP contribution < -0.4 is 10.2 Å². The topological polar surface area (TPSA) is 88.1 Å². The molecule has 158 valence electrons. The average molecular weight is 430 g/mol. The van der Waals surface area contributed by atoms with Crippen molar-refractivity contribution in [3.05, 3.63) is 52.7 Å². The molecule has 0 radical (unpaired) electrons. The highest BCUT2D eigenvalue weighted by Gasteiger charge is 2.09. The van der Waals surface area contributed by atoms with Crippen molar-refractivity contribution in [2.45, 2.75) is 12.8 Å². The third kappa shape index (κ3) is 5.77. The highest BCUT2D eigenvalue weighted by atomic mass is 32.1. The molecule has 0 bridgehead atoms. The third-order valence-corrected chi connectivity index (χ3v) is 5.38. The molecule has 8 heteroatoms. The summed E-state index contributed by atoms with van der Waals surface area (Å²) < 4.78 is 21.9. The van der Waals surface area contributed by atoms with Gasteiger partial charge in [0.15, 0.2) is 12.0 Å². The van der Waals surface area contributed by atoms with E-state index >= 15 is 0 Å². The molecule has 3 aromatic rings. The van der Waals surface area contributed by atoms with Crippen molar-refractivity contribution in [1.82, 2.24) is 0 Å². The molecule has 0 saturated carbocycles. The van der Waals surface area contributed by atoms with Crippen molar-refractivity contribution in [3.8, 4) is 5.75 Å². The zero-order valence-electron chi connectivity index (χ0n) is 16.6. The first-order valence-electron chi connectivity index (χ1n) is 9.47. The molecule has 0 aliphatic carbocycles. The van der Waals surface area contributed by atoms with Crippen molar-refractivity contribution >= 4 is 43.4 Å². The first kappa shape index (κ1) is 21.7. The third-order valence-electron chi connectivity index (χ3n) is 4.23. The Kier molecular flexibility index (Phi) is 7.75. The fourth-order valence-corrected chi connectivity index (χ4v) is 3.84. The fourth-order valence-electron chi connectivity index (χ4n) is 2.79. The van der Waals surface area contributed by atoms with Gasteiger partial charge in [0.05, 0.1) is 13.2 Å². The first-order chi connectivity index (χ1) is 14.6. The van der Waals surface area contributed by atoms with Gasteiger partial charge >= 0.3 is 11.9 Å².